The summed E-state index contributed by atoms with van der Waals surface area (Å²) >= 11 is 0. The Morgan fingerprint density at radius 3 is 2.33 bits per heavy atom. The maximum absolute atomic E-state index is 13.5. The van der Waals surface area contributed by atoms with Crippen LogP contribution < -0.4 is 0 Å². The highest BCUT2D eigenvalue weighted by Crippen LogP contribution is 2.37. The predicted octanol–water partition coefficient (Wildman–Crippen LogP) is 6.22. The molecule has 1 aromatic heterocycles. The van der Waals surface area contributed by atoms with Crippen molar-refractivity contribution in [3.05, 3.63) is 100 Å². The average Bonchev–Trinajstić information content (AvgIpc) is 2.90. The van der Waals surface area contributed by atoms with Gasteiger partial charge in [0.15, 0.2) is 0 Å². The summed E-state index contributed by atoms with van der Waals surface area (Å²) in [5.74, 6) is -0.862. The Kier molecular flexibility index (Phi) is 8.53. The number of amides is 1. The van der Waals surface area contributed by atoms with Crippen LogP contribution in [0.25, 0.3) is 6.08 Å². The first-order valence-corrected chi connectivity index (χ1v) is 12.5. The minimum absolute atomic E-state index is 0.00979. The number of rotatable bonds is 6. The van der Waals surface area contributed by atoms with Gasteiger partial charge >= 0.3 is 12.4 Å². The molecule has 0 aliphatic carbocycles. The van der Waals surface area contributed by atoms with Gasteiger partial charge in [-0.3, -0.25) is 14.7 Å². The van der Waals surface area contributed by atoms with E-state index in [9.17, 15) is 36.2 Å². The third-order valence-corrected chi connectivity index (χ3v) is 6.77. The van der Waals surface area contributed by atoms with Crippen molar-refractivity contribution in [1.29, 1.82) is 0 Å². The first-order chi connectivity index (χ1) is 18.8. The predicted molar refractivity (Wildman–Crippen MR) is 138 cm³/mol. The van der Waals surface area contributed by atoms with Gasteiger partial charge in [-0.2, -0.15) is 26.3 Å². The minimum Gasteiger partial charge on any atom is -0.508 e. The Morgan fingerprint density at radius 2 is 1.73 bits per heavy atom. The molecular weight excluding hydrogens is 536 g/mol. The zero-order valence-electron chi connectivity index (χ0n) is 21.5. The number of pyridine rings is 1. The number of aryl methyl sites for hydroxylation is 1. The van der Waals surface area contributed by atoms with Gasteiger partial charge in [-0.1, -0.05) is 30.4 Å². The highest BCUT2D eigenvalue weighted by atomic mass is 19.4. The summed E-state index contributed by atoms with van der Waals surface area (Å²) in [6.07, 6.45) is -2.71. The lowest BCUT2D eigenvalue weighted by atomic mass is 9.98. The van der Waals surface area contributed by atoms with Crippen molar-refractivity contribution in [2.45, 2.75) is 31.7 Å². The van der Waals surface area contributed by atoms with Gasteiger partial charge in [0.1, 0.15) is 5.75 Å². The number of phenols is 1. The van der Waals surface area contributed by atoms with Crippen molar-refractivity contribution in [3.63, 3.8) is 0 Å². The van der Waals surface area contributed by atoms with Gasteiger partial charge < -0.3 is 10.0 Å². The van der Waals surface area contributed by atoms with Gasteiger partial charge in [-0.15, -0.1) is 0 Å². The molecule has 1 amide bonds. The highest BCUT2D eigenvalue weighted by Gasteiger charge is 2.39. The van der Waals surface area contributed by atoms with E-state index in [0.717, 1.165) is 5.56 Å². The second-order valence-corrected chi connectivity index (χ2v) is 9.72. The van der Waals surface area contributed by atoms with Gasteiger partial charge in [-0.05, 0) is 60.4 Å². The number of halogens is 6. The fourth-order valence-corrected chi connectivity index (χ4v) is 4.64. The number of hydrogen-bond donors (Lipinski definition) is 1. The van der Waals surface area contributed by atoms with Crippen LogP contribution in [0.4, 0.5) is 26.3 Å². The molecule has 2 heterocycles. The number of piperazine rings is 1. The van der Waals surface area contributed by atoms with E-state index in [-0.39, 0.29) is 24.8 Å². The van der Waals surface area contributed by atoms with Crippen molar-refractivity contribution >= 4 is 12.0 Å². The normalized spacial score (nSPS) is 17.0. The van der Waals surface area contributed by atoms with Gasteiger partial charge in [-0.25, -0.2) is 0 Å². The van der Waals surface area contributed by atoms with Gasteiger partial charge in [0.25, 0.3) is 5.91 Å². The number of phenolic OH excluding ortho intramolecular Hbond substituents is 1. The van der Waals surface area contributed by atoms with Crippen LogP contribution in [0.15, 0.2) is 67.0 Å². The standard InChI is InChI=1S/C29H27F6N3O2/c1-19-6-7-21(13-26(19)39)12-25-18-37(9-3-5-20-4-2-8-36-17-20)10-11-38(25)27(40)22-14-23(28(30,31)32)16-24(15-22)29(33,34)35/h2-8,13-17,25,39H,9-12,18H2,1H3/b5-3+. The second kappa shape index (κ2) is 11.7. The fourth-order valence-electron chi connectivity index (χ4n) is 4.64. The van der Waals surface area contributed by atoms with E-state index in [2.05, 4.69) is 4.98 Å². The minimum atomic E-state index is -5.06. The molecule has 212 valence electrons. The van der Waals surface area contributed by atoms with Crippen molar-refractivity contribution < 1.29 is 36.2 Å². The molecule has 11 heteroatoms. The number of aromatic hydroxyl groups is 1. The largest absolute Gasteiger partial charge is 0.508 e. The molecule has 0 radical (unpaired) electrons. The number of carbonyl (C=O) groups is 1. The molecule has 0 saturated carbocycles. The number of nitrogens with zero attached hydrogens (tertiary/aromatic N) is 3. The summed E-state index contributed by atoms with van der Waals surface area (Å²) in [4.78, 5) is 20.9. The second-order valence-electron chi connectivity index (χ2n) is 9.72. The molecule has 4 rings (SSSR count). The number of alkyl halides is 6. The van der Waals surface area contributed by atoms with Crippen LogP contribution in [0.1, 0.15) is 38.2 Å². The molecule has 3 aromatic rings. The zero-order valence-corrected chi connectivity index (χ0v) is 21.5. The molecule has 1 N–H and O–H groups in total. The molecule has 1 unspecified atom stereocenters. The molecule has 0 spiro atoms. The first kappa shape index (κ1) is 29.1. The monoisotopic (exact) mass is 563 g/mol. The van der Waals surface area contributed by atoms with Crippen LogP contribution in [0.3, 0.4) is 0 Å². The fraction of sp³-hybridized carbons (Fsp3) is 0.310. The van der Waals surface area contributed by atoms with Gasteiger partial charge in [0.2, 0.25) is 0 Å². The van der Waals surface area contributed by atoms with E-state index in [1.165, 1.54) is 4.90 Å². The lowest BCUT2D eigenvalue weighted by Gasteiger charge is -2.41. The van der Waals surface area contributed by atoms with E-state index >= 15 is 0 Å². The number of hydrogen-bond acceptors (Lipinski definition) is 4. The van der Waals surface area contributed by atoms with E-state index in [4.69, 9.17) is 0 Å². The first-order valence-electron chi connectivity index (χ1n) is 12.5. The van der Waals surface area contributed by atoms with Gasteiger partial charge in [0.05, 0.1) is 11.1 Å². The van der Waals surface area contributed by atoms with E-state index in [1.54, 1.807) is 43.6 Å². The Morgan fingerprint density at radius 1 is 1.02 bits per heavy atom. The van der Waals surface area contributed by atoms with Crippen LogP contribution >= 0.6 is 0 Å². The Bertz CT molecular complexity index is 1340. The summed E-state index contributed by atoms with van der Waals surface area (Å²) in [6.45, 7) is 3.01. The van der Waals surface area contributed by atoms with Crippen molar-refractivity contribution in [1.82, 2.24) is 14.8 Å². The molecule has 2 aromatic carbocycles. The number of carbonyl (C=O) groups excluding carboxylic acids is 1. The van der Waals surface area contributed by atoms with E-state index < -0.39 is 41.0 Å². The van der Waals surface area contributed by atoms with Crippen molar-refractivity contribution in [2.75, 3.05) is 26.2 Å². The van der Waals surface area contributed by atoms with E-state index in [0.29, 0.717) is 42.9 Å². The van der Waals surface area contributed by atoms with Crippen LogP contribution in [-0.2, 0) is 18.8 Å². The lowest BCUT2D eigenvalue weighted by molar-refractivity contribution is -0.143. The van der Waals surface area contributed by atoms with Crippen molar-refractivity contribution in [2.24, 2.45) is 0 Å². The molecule has 1 aliphatic rings. The third kappa shape index (κ3) is 7.20. The summed E-state index contributed by atoms with van der Waals surface area (Å²) < 4.78 is 80.6. The smallest absolute Gasteiger partial charge is 0.416 e. The molecular formula is C29H27F6N3O2. The Hall–Kier alpha value is -3.86. The number of aromatic nitrogens is 1. The maximum Gasteiger partial charge on any atom is 0.416 e. The molecule has 1 saturated heterocycles. The van der Waals surface area contributed by atoms with Crippen molar-refractivity contribution in [3.8, 4) is 5.75 Å². The lowest BCUT2D eigenvalue weighted by Crippen LogP contribution is -2.56. The molecule has 1 atom stereocenters. The van der Waals surface area contributed by atoms with Crippen LogP contribution in [-0.4, -0.2) is 58.0 Å². The summed E-state index contributed by atoms with van der Waals surface area (Å²) in [6, 6.07) is 9.08. The molecule has 0 bridgehead atoms. The Balaban J connectivity index is 1.62. The van der Waals surface area contributed by atoms with E-state index in [1.807, 2.05) is 23.1 Å². The summed E-state index contributed by atoms with van der Waals surface area (Å²) in [5.41, 5.74) is -1.53. The third-order valence-electron chi connectivity index (χ3n) is 6.77. The average molecular weight is 564 g/mol. The SMILES string of the molecule is Cc1ccc(CC2CN(C/C=C/c3cccnc3)CCN2C(=O)c2cc(C(F)(F)F)cc(C(F)(F)F)c2)cc1O. The molecule has 5 nitrogen and oxygen atoms in total. The summed E-state index contributed by atoms with van der Waals surface area (Å²) in [5, 5.41) is 10.2. The topological polar surface area (TPSA) is 56.7 Å². The zero-order chi connectivity index (χ0) is 29.1. The maximum atomic E-state index is 13.5. The van der Waals surface area contributed by atoms with Crippen LogP contribution in [0.2, 0.25) is 0 Å². The summed E-state index contributed by atoms with van der Waals surface area (Å²) in [7, 11) is 0. The van der Waals surface area contributed by atoms with Crippen LogP contribution in [0, 0.1) is 6.92 Å². The highest BCUT2D eigenvalue weighted by molar-refractivity contribution is 5.95. The van der Waals surface area contributed by atoms with Crippen LogP contribution in [0.5, 0.6) is 5.75 Å². The molecule has 40 heavy (non-hydrogen) atoms. The van der Waals surface area contributed by atoms with Gasteiger partial charge in [0, 0.05) is 50.2 Å². The Labute approximate surface area is 227 Å². The number of benzene rings is 2. The quantitative estimate of drug-likeness (QED) is 0.362. The molecule has 1 fully saturated rings. The molecule has 1 aliphatic heterocycles.